The molecule has 1 aromatic heterocycles. The van der Waals surface area contributed by atoms with Crippen LogP contribution in [-0.4, -0.2) is 34.6 Å². The summed E-state index contributed by atoms with van der Waals surface area (Å²) in [4.78, 5) is 13.6. The van der Waals surface area contributed by atoms with E-state index in [2.05, 4.69) is 29.4 Å². The number of hydrogen-bond donors (Lipinski definition) is 1. The largest absolute Gasteiger partial charge is 0.490 e. The summed E-state index contributed by atoms with van der Waals surface area (Å²) in [6.45, 7) is 9.10. The number of thioether (sulfide) groups is 1. The van der Waals surface area contributed by atoms with Gasteiger partial charge >= 0.3 is 6.01 Å². The SMILES string of the molecule is CCOc1ccc(-c2nnc(NC(=O)c3ccc(SC(C)C)cc3)o2)cc1OCC. The zero-order chi connectivity index (χ0) is 21.5. The van der Waals surface area contributed by atoms with Crippen molar-refractivity contribution in [2.45, 2.75) is 37.8 Å². The number of carbonyl (C=O) groups is 1. The van der Waals surface area contributed by atoms with Crippen LogP contribution in [0.4, 0.5) is 6.01 Å². The molecule has 0 saturated heterocycles. The maximum absolute atomic E-state index is 12.5. The van der Waals surface area contributed by atoms with Gasteiger partial charge in [-0.15, -0.1) is 16.9 Å². The topological polar surface area (TPSA) is 86.5 Å². The molecule has 0 spiro atoms. The van der Waals surface area contributed by atoms with E-state index in [0.717, 1.165) is 4.90 Å². The summed E-state index contributed by atoms with van der Waals surface area (Å²) in [7, 11) is 0. The molecule has 2 aromatic carbocycles. The first-order chi connectivity index (χ1) is 14.5. The van der Waals surface area contributed by atoms with Gasteiger partial charge in [-0.25, -0.2) is 0 Å². The maximum atomic E-state index is 12.5. The first-order valence-corrected chi connectivity index (χ1v) is 10.7. The molecule has 0 aliphatic heterocycles. The molecule has 0 bridgehead atoms. The molecule has 1 amide bonds. The van der Waals surface area contributed by atoms with Gasteiger partial charge in [-0.3, -0.25) is 10.1 Å². The van der Waals surface area contributed by atoms with Crippen molar-refractivity contribution in [3.63, 3.8) is 0 Å². The van der Waals surface area contributed by atoms with Crippen molar-refractivity contribution in [2.24, 2.45) is 0 Å². The summed E-state index contributed by atoms with van der Waals surface area (Å²) in [5.41, 5.74) is 1.19. The van der Waals surface area contributed by atoms with Crippen LogP contribution in [0, 0.1) is 0 Å². The van der Waals surface area contributed by atoms with Gasteiger partial charge in [0.2, 0.25) is 5.89 Å². The summed E-state index contributed by atoms with van der Waals surface area (Å²) < 4.78 is 16.8. The zero-order valence-corrected chi connectivity index (χ0v) is 18.3. The molecule has 158 valence electrons. The minimum absolute atomic E-state index is 0.0301. The third-order valence-corrected chi connectivity index (χ3v) is 4.94. The van der Waals surface area contributed by atoms with Crippen LogP contribution in [0.1, 0.15) is 38.1 Å². The van der Waals surface area contributed by atoms with Crippen molar-refractivity contribution in [1.29, 1.82) is 0 Å². The smallest absolute Gasteiger partial charge is 0.322 e. The van der Waals surface area contributed by atoms with Crippen molar-refractivity contribution in [1.82, 2.24) is 10.2 Å². The first kappa shape index (κ1) is 21.7. The third-order valence-electron chi connectivity index (χ3n) is 3.92. The monoisotopic (exact) mass is 427 g/mol. The van der Waals surface area contributed by atoms with Gasteiger partial charge in [0.15, 0.2) is 11.5 Å². The third kappa shape index (κ3) is 5.54. The standard InChI is InChI=1S/C22H25N3O4S/c1-5-27-18-12-9-16(13-19(18)28-6-2)21-24-25-22(29-21)23-20(26)15-7-10-17(11-8-15)30-14(3)4/h7-14H,5-6H2,1-4H3,(H,23,25,26). The molecular weight excluding hydrogens is 402 g/mol. The number of anilines is 1. The van der Waals surface area contributed by atoms with E-state index < -0.39 is 0 Å². The van der Waals surface area contributed by atoms with Gasteiger partial charge in [0.25, 0.3) is 5.91 Å². The van der Waals surface area contributed by atoms with E-state index in [-0.39, 0.29) is 17.8 Å². The molecule has 0 atom stereocenters. The van der Waals surface area contributed by atoms with Crippen molar-refractivity contribution in [3.05, 3.63) is 48.0 Å². The zero-order valence-electron chi connectivity index (χ0n) is 17.5. The highest BCUT2D eigenvalue weighted by molar-refractivity contribution is 7.99. The molecule has 0 aliphatic carbocycles. The predicted molar refractivity (Wildman–Crippen MR) is 117 cm³/mol. The van der Waals surface area contributed by atoms with Gasteiger partial charge < -0.3 is 13.9 Å². The van der Waals surface area contributed by atoms with Crippen LogP contribution in [0.15, 0.2) is 51.8 Å². The molecule has 0 saturated carbocycles. The van der Waals surface area contributed by atoms with E-state index in [1.165, 1.54) is 0 Å². The molecule has 30 heavy (non-hydrogen) atoms. The number of nitrogens with one attached hydrogen (secondary N) is 1. The molecular formula is C22H25N3O4S. The highest BCUT2D eigenvalue weighted by atomic mass is 32.2. The van der Waals surface area contributed by atoms with Gasteiger partial charge in [0.05, 0.1) is 13.2 Å². The number of benzene rings is 2. The second kappa shape index (κ2) is 10.2. The molecule has 7 nitrogen and oxygen atoms in total. The Labute approximate surface area is 180 Å². The lowest BCUT2D eigenvalue weighted by Crippen LogP contribution is -2.11. The normalized spacial score (nSPS) is 10.8. The summed E-state index contributed by atoms with van der Waals surface area (Å²) in [6, 6.07) is 12.8. The van der Waals surface area contributed by atoms with E-state index in [9.17, 15) is 4.79 Å². The molecule has 3 aromatic rings. The highest BCUT2D eigenvalue weighted by Crippen LogP contribution is 2.33. The van der Waals surface area contributed by atoms with Gasteiger partial charge in [-0.1, -0.05) is 18.9 Å². The number of amides is 1. The highest BCUT2D eigenvalue weighted by Gasteiger charge is 2.15. The van der Waals surface area contributed by atoms with Gasteiger partial charge in [-0.2, -0.15) is 0 Å². The predicted octanol–water partition coefficient (Wildman–Crippen LogP) is 5.29. The minimum Gasteiger partial charge on any atom is -0.490 e. The maximum Gasteiger partial charge on any atom is 0.322 e. The quantitative estimate of drug-likeness (QED) is 0.465. The lowest BCUT2D eigenvalue weighted by molar-refractivity contribution is 0.102. The molecule has 0 fully saturated rings. The van der Waals surface area contributed by atoms with Crippen molar-refractivity contribution in [3.8, 4) is 23.0 Å². The van der Waals surface area contributed by atoms with E-state index in [1.54, 1.807) is 42.1 Å². The van der Waals surface area contributed by atoms with Crippen LogP contribution < -0.4 is 14.8 Å². The van der Waals surface area contributed by atoms with E-state index >= 15 is 0 Å². The first-order valence-electron chi connectivity index (χ1n) is 9.81. The van der Waals surface area contributed by atoms with E-state index in [1.807, 2.05) is 26.0 Å². The molecule has 0 aliphatic rings. The second-order valence-corrected chi connectivity index (χ2v) is 8.23. The second-order valence-electron chi connectivity index (χ2n) is 6.59. The lowest BCUT2D eigenvalue weighted by atomic mass is 10.2. The molecule has 0 unspecified atom stereocenters. The van der Waals surface area contributed by atoms with Crippen LogP contribution in [-0.2, 0) is 0 Å². The van der Waals surface area contributed by atoms with Crippen molar-refractivity contribution < 1.29 is 18.7 Å². The molecule has 0 radical (unpaired) electrons. The Morgan fingerprint density at radius 1 is 1.03 bits per heavy atom. The van der Waals surface area contributed by atoms with Crippen LogP contribution in [0.3, 0.4) is 0 Å². The number of aromatic nitrogens is 2. The summed E-state index contributed by atoms with van der Waals surface area (Å²) in [6.07, 6.45) is 0. The fraction of sp³-hybridized carbons (Fsp3) is 0.318. The number of nitrogens with zero attached hydrogens (tertiary/aromatic N) is 2. The van der Waals surface area contributed by atoms with E-state index in [4.69, 9.17) is 13.9 Å². The lowest BCUT2D eigenvalue weighted by Gasteiger charge is -2.11. The number of carbonyl (C=O) groups excluding carboxylic acids is 1. The Balaban J connectivity index is 1.71. The Morgan fingerprint density at radius 2 is 1.73 bits per heavy atom. The Kier molecular flexibility index (Phi) is 7.35. The molecule has 1 heterocycles. The molecule has 8 heteroatoms. The van der Waals surface area contributed by atoms with Crippen LogP contribution in [0.5, 0.6) is 11.5 Å². The summed E-state index contributed by atoms with van der Waals surface area (Å²) in [5.74, 6) is 1.21. The average Bonchev–Trinajstić information content (AvgIpc) is 3.18. The number of ether oxygens (including phenoxy) is 2. The van der Waals surface area contributed by atoms with Crippen molar-refractivity contribution in [2.75, 3.05) is 18.5 Å². The van der Waals surface area contributed by atoms with Crippen molar-refractivity contribution >= 4 is 23.7 Å². The van der Waals surface area contributed by atoms with Gasteiger partial charge in [0, 0.05) is 21.3 Å². The molecule has 3 rings (SSSR count). The van der Waals surface area contributed by atoms with Gasteiger partial charge in [0.1, 0.15) is 0 Å². The average molecular weight is 428 g/mol. The Morgan fingerprint density at radius 3 is 2.40 bits per heavy atom. The number of hydrogen-bond acceptors (Lipinski definition) is 7. The molecule has 1 N–H and O–H groups in total. The van der Waals surface area contributed by atoms with Crippen LogP contribution >= 0.6 is 11.8 Å². The Hall–Kier alpha value is -3.00. The number of rotatable bonds is 9. The fourth-order valence-electron chi connectivity index (χ4n) is 2.70. The Bertz CT molecular complexity index is 986. The summed E-state index contributed by atoms with van der Waals surface area (Å²) >= 11 is 1.74. The fourth-order valence-corrected chi connectivity index (χ4v) is 3.54. The van der Waals surface area contributed by atoms with Gasteiger partial charge in [-0.05, 0) is 56.3 Å². The van der Waals surface area contributed by atoms with Crippen LogP contribution in [0.25, 0.3) is 11.5 Å². The summed E-state index contributed by atoms with van der Waals surface area (Å²) in [5, 5.41) is 11.1. The van der Waals surface area contributed by atoms with Crippen LogP contribution in [0.2, 0.25) is 0 Å². The van der Waals surface area contributed by atoms with E-state index in [0.29, 0.717) is 41.1 Å². The minimum atomic E-state index is -0.312.